The Labute approximate surface area is 188 Å². The van der Waals surface area contributed by atoms with Gasteiger partial charge in [0, 0.05) is 30.1 Å². The fourth-order valence-corrected chi connectivity index (χ4v) is 6.86. The van der Waals surface area contributed by atoms with E-state index in [-0.39, 0.29) is 6.04 Å². The molecule has 1 N–H and O–H groups in total. The quantitative estimate of drug-likeness (QED) is 0.593. The molecule has 0 amide bonds. The zero-order valence-corrected chi connectivity index (χ0v) is 18.6. The molecule has 6 heteroatoms. The van der Waals surface area contributed by atoms with E-state index in [0.717, 1.165) is 12.0 Å². The van der Waals surface area contributed by atoms with E-state index in [0.29, 0.717) is 43.0 Å². The fourth-order valence-electron chi connectivity index (χ4n) is 5.45. The average Bonchev–Trinajstić information content (AvgIpc) is 3.34. The molecule has 1 saturated heterocycles. The minimum atomic E-state index is -3.48. The van der Waals surface area contributed by atoms with Gasteiger partial charge in [0.2, 0.25) is 10.0 Å². The van der Waals surface area contributed by atoms with Gasteiger partial charge in [0.15, 0.2) is 0 Å². The Hall–Kier alpha value is -2.67. The Balaban J connectivity index is 1.36. The van der Waals surface area contributed by atoms with Crippen molar-refractivity contribution in [1.82, 2.24) is 4.31 Å². The van der Waals surface area contributed by atoms with Crippen molar-refractivity contribution in [2.75, 3.05) is 31.6 Å². The van der Waals surface area contributed by atoms with Gasteiger partial charge in [0.1, 0.15) is 0 Å². The van der Waals surface area contributed by atoms with Crippen molar-refractivity contribution >= 4 is 26.5 Å². The number of fused-ring (bicyclic) bond motifs is 5. The van der Waals surface area contributed by atoms with Crippen molar-refractivity contribution in [1.29, 1.82) is 0 Å². The number of anilines is 1. The molecule has 0 saturated carbocycles. The molecule has 0 bridgehead atoms. The molecule has 2 heterocycles. The first-order valence-electron chi connectivity index (χ1n) is 11.3. The second-order valence-electron chi connectivity index (χ2n) is 8.81. The SMILES string of the molecule is O=S(=O)(c1ccc([C@@H]2Nc3c(ccc4ccccc34)[C@@H]3C=CC[C@@H]32)cc1)N1CCOCC1. The van der Waals surface area contributed by atoms with Crippen LogP contribution in [0.5, 0.6) is 0 Å². The Kier molecular flexibility index (Phi) is 4.82. The van der Waals surface area contributed by atoms with Gasteiger partial charge in [-0.05, 0) is 41.0 Å². The lowest BCUT2D eigenvalue weighted by molar-refractivity contribution is 0.0730. The Morgan fingerprint density at radius 2 is 1.72 bits per heavy atom. The third-order valence-electron chi connectivity index (χ3n) is 7.11. The molecule has 5 nitrogen and oxygen atoms in total. The number of sulfonamides is 1. The molecule has 32 heavy (non-hydrogen) atoms. The highest BCUT2D eigenvalue weighted by molar-refractivity contribution is 7.89. The number of allylic oxidation sites excluding steroid dienone is 2. The molecule has 0 radical (unpaired) electrons. The van der Waals surface area contributed by atoms with Gasteiger partial charge >= 0.3 is 0 Å². The lowest BCUT2D eigenvalue weighted by Gasteiger charge is -2.38. The summed E-state index contributed by atoms with van der Waals surface area (Å²) in [5.74, 6) is 0.794. The molecule has 3 aromatic carbocycles. The van der Waals surface area contributed by atoms with Gasteiger partial charge < -0.3 is 10.1 Å². The first-order valence-corrected chi connectivity index (χ1v) is 12.7. The average molecular weight is 447 g/mol. The van der Waals surface area contributed by atoms with E-state index in [1.807, 2.05) is 12.1 Å². The molecule has 6 rings (SSSR count). The van der Waals surface area contributed by atoms with Crippen LogP contribution in [0.15, 0.2) is 77.7 Å². The molecule has 2 aliphatic heterocycles. The number of morpholine rings is 1. The molecule has 164 valence electrons. The van der Waals surface area contributed by atoms with Gasteiger partial charge in [-0.15, -0.1) is 0 Å². The van der Waals surface area contributed by atoms with Crippen LogP contribution in [-0.2, 0) is 14.8 Å². The normalized spacial score (nSPS) is 25.3. The summed E-state index contributed by atoms with van der Waals surface area (Å²) in [5, 5.41) is 6.30. The lowest BCUT2D eigenvalue weighted by Crippen LogP contribution is -2.40. The number of ether oxygens (including phenoxy) is 1. The monoisotopic (exact) mass is 446 g/mol. The first kappa shape index (κ1) is 20.0. The van der Waals surface area contributed by atoms with Crippen LogP contribution >= 0.6 is 0 Å². The topological polar surface area (TPSA) is 58.6 Å². The highest BCUT2D eigenvalue weighted by atomic mass is 32.2. The first-order chi connectivity index (χ1) is 15.6. The van der Waals surface area contributed by atoms with Crippen LogP contribution in [-0.4, -0.2) is 39.0 Å². The van der Waals surface area contributed by atoms with Crippen molar-refractivity contribution in [2.24, 2.45) is 5.92 Å². The number of nitrogens with one attached hydrogen (secondary N) is 1. The molecule has 1 fully saturated rings. The minimum Gasteiger partial charge on any atom is -0.379 e. The number of hydrogen-bond acceptors (Lipinski definition) is 4. The smallest absolute Gasteiger partial charge is 0.243 e. The largest absolute Gasteiger partial charge is 0.379 e. The van der Waals surface area contributed by atoms with Crippen LogP contribution in [0, 0.1) is 5.92 Å². The summed E-state index contributed by atoms with van der Waals surface area (Å²) in [7, 11) is -3.48. The number of nitrogens with zero attached hydrogens (tertiary/aromatic N) is 1. The number of rotatable bonds is 3. The summed E-state index contributed by atoms with van der Waals surface area (Å²) in [6, 6.07) is 20.6. The van der Waals surface area contributed by atoms with Crippen LogP contribution in [0.4, 0.5) is 5.69 Å². The molecular formula is C26H26N2O3S. The van der Waals surface area contributed by atoms with Gasteiger partial charge in [-0.1, -0.05) is 60.7 Å². The molecule has 0 unspecified atom stereocenters. The maximum Gasteiger partial charge on any atom is 0.243 e. The van der Waals surface area contributed by atoms with Crippen molar-refractivity contribution in [3.05, 3.63) is 83.9 Å². The van der Waals surface area contributed by atoms with E-state index in [1.165, 1.54) is 26.3 Å². The molecule has 0 aromatic heterocycles. The van der Waals surface area contributed by atoms with Gasteiger partial charge in [0.05, 0.1) is 24.2 Å². The molecule has 0 spiro atoms. The van der Waals surface area contributed by atoms with E-state index >= 15 is 0 Å². The summed E-state index contributed by atoms with van der Waals surface area (Å²) in [5.41, 5.74) is 3.68. The number of hydrogen-bond donors (Lipinski definition) is 1. The predicted octanol–water partition coefficient (Wildman–Crippen LogP) is 4.69. The molecule has 3 aromatic rings. The van der Waals surface area contributed by atoms with Gasteiger partial charge in [-0.2, -0.15) is 4.31 Å². The van der Waals surface area contributed by atoms with E-state index in [1.54, 1.807) is 12.1 Å². The van der Waals surface area contributed by atoms with E-state index in [4.69, 9.17) is 4.74 Å². The van der Waals surface area contributed by atoms with Crippen molar-refractivity contribution in [3.8, 4) is 0 Å². The van der Waals surface area contributed by atoms with Crippen molar-refractivity contribution in [3.63, 3.8) is 0 Å². The second-order valence-corrected chi connectivity index (χ2v) is 10.7. The molecular weight excluding hydrogens is 420 g/mol. The highest BCUT2D eigenvalue weighted by Crippen LogP contribution is 2.51. The maximum atomic E-state index is 13.0. The summed E-state index contributed by atoms with van der Waals surface area (Å²) < 4.78 is 32.9. The van der Waals surface area contributed by atoms with E-state index < -0.39 is 10.0 Å². The van der Waals surface area contributed by atoms with Crippen LogP contribution in [0.2, 0.25) is 0 Å². The Morgan fingerprint density at radius 1 is 0.938 bits per heavy atom. The molecule has 1 aliphatic carbocycles. The standard InChI is InChI=1S/C26H26N2O3S/c29-32(30,28-14-16-31-17-15-28)20-11-8-19(9-12-20)25-23-7-3-6-22(23)24-13-10-18-4-1-2-5-21(18)26(24)27-25/h1-6,8-13,22-23,25,27H,7,14-17H2/t22-,23+,25+/m1/s1. The summed E-state index contributed by atoms with van der Waals surface area (Å²) >= 11 is 0. The van der Waals surface area contributed by atoms with Crippen LogP contribution in [0.3, 0.4) is 0 Å². The third kappa shape index (κ3) is 3.17. The summed E-state index contributed by atoms with van der Waals surface area (Å²) in [4.78, 5) is 0.353. The minimum absolute atomic E-state index is 0.133. The molecule has 3 atom stereocenters. The lowest BCUT2D eigenvalue weighted by atomic mass is 9.76. The third-order valence-corrected chi connectivity index (χ3v) is 9.02. The predicted molar refractivity (Wildman–Crippen MR) is 126 cm³/mol. The van der Waals surface area contributed by atoms with E-state index in [2.05, 4.69) is 53.9 Å². The highest BCUT2D eigenvalue weighted by Gasteiger charge is 2.38. The second kappa shape index (κ2) is 7.73. The van der Waals surface area contributed by atoms with Crippen molar-refractivity contribution < 1.29 is 13.2 Å². The van der Waals surface area contributed by atoms with Crippen molar-refractivity contribution in [2.45, 2.75) is 23.3 Å². The van der Waals surface area contributed by atoms with Crippen LogP contribution < -0.4 is 5.32 Å². The zero-order chi connectivity index (χ0) is 21.7. The fraction of sp³-hybridized carbons (Fsp3) is 0.308. The zero-order valence-electron chi connectivity index (χ0n) is 17.8. The van der Waals surface area contributed by atoms with Crippen LogP contribution in [0.1, 0.15) is 29.5 Å². The molecule has 3 aliphatic rings. The Morgan fingerprint density at radius 3 is 2.53 bits per heavy atom. The Bertz CT molecular complexity index is 1290. The number of benzene rings is 3. The van der Waals surface area contributed by atoms with Gasteiger partial charge in [-0.25, -0.2) is 8.42 Å². The van der Waals surface area contributed by atoms with Gasteiger partial charge in [0.25, 0.3) is 0 Å². The van der Waals surface area contributed by atoms with Gasteiger partial charge in [-0.3, -0.25) is 0 Å². The summed E-state index contributed by atoms with van der Waals surface area (Å²) in [6.45, 7) is 1.72. The summed E-state index contributed by atoms with van der Waals surface area (Å²) in [6.07, 6.45) is 5.64. The van der Waals surface area contributed by atoms with Crippen LogP contribution in [0.25, 0.3) is 10.8 Å². The van der Waals surface area contributed by atoms with E-state index in [9.17, 15) is 8.42 Å². The maximum absolute atomic E-state index is 13.0.